The van der Waals surface area contributed by atoms with E-state index in [2.05, 4.69) is 5.32 Å². The molecular formula is C20H21FN2O4. The zero-order chi connectivity index (χ0) is 19.2. The largest absolute Gasteiger partial charge is 0.497 e. The monoisotopic (exact) mass is 372 g/mol. The van der Waals surface area contributed by atoms with Crippen LogP contribution in [0.5, 0.6) is 11.5 Å². The van der Waals surface area contributed by atoms with Crippen LogP contribution in [0, 0.1) is 11.7 Å². The molecular weight excluding hydrogens is 351 g/mol. The third-order valence-electron chi connectivity index (χ3n) is 4.33. The molecule has 1 heterocycles. The first-order valence-electron chi connectivity index (χ1n) is 8.67. The first-order chi connectivity index (χ1) is 13.1. The minimum atomic E-state index is -0.419. The molecule has 1 N–H and O–H groups in total. The van der Waals surface area contributed by atoms with Crippen molar-refractivity contribution in [1.29, 1.82) is 0 Å². The average Bonchev–Trinajstić information content (AvgIpc) is 3.07. The highest BCUT2D eigenvalue weighted by atomic mass is 19.1. The summed E-state index contributed by atoms with van der Waals surface area (Å²) in [5.74, 6) is -0.0281. The summed E-state index contributed by atoms with van der Waals surface area (Å²) in [7, 11) is 1.56. The number of rotatable bonds is 7. The van der Waals surface area contributed by atoms with E-state index in [4.69, 9.17) is 9.47 Å². The summed E-state index contributed by atoms with van der Waals surface area (Å²) in [6.45, 7) is 0.817. The molecule has 7 heteroatoms. The number of methoxy groups -OCH3 is 1. The predicted molar refractivity (Wildman–Crippen MR) is 98.4 cm³/mol. The predicted octanol–water partition coefficient (Wildman–Crippen LogP) is 2.38. The molecule has 0 spiro atoms. The fourth-order valence-electron chi connectivity index (χ4n) is 2.96. The van der Waals surface area contributed by atoms with Crippen LogP contribution in [0.25, 0.3) is 0 Å². The number of anilines is 1. The van der Waals surface area contributed by atoms with Crippen LogP contribution >= 0.6 is 0 Å². The minimum absolute atomic E-state index is 0.0978. The summed E-state index contributed by atoms with van der Waals surface area (Å²) >= 11 is 0. The number of hydrogen-bond acceptors (Lipinski definition) is 4. The molecule has 2 aromatic rings. The second-order valence-corrected chi connectivity index (χ2v) is 6.20. The molecule has 1 aliphatic heterocycles. The van der Waals surface area contributed by atoms with Gasteiger partial charge in [-0.2, -0.15) is 0 Å². The van der Waals surface area contributed by atoms with E-state index in [0.29, 0.717) is 23.7 Å². The maximum Gasteiger partial charge on any atom is 0.227 e. The van der Waals surface area contributed by atoms with Crippen LogP contribution in [0.3, 0.4) is 0 Å². The Bertz CT molecular complexity index is 827. The van der Waals surface area contributed by atoms with Gasteiger partial charge in [0, 0.05) is 30.8 Å². The standard InChI is InChI=1S/C20H21FN2O4/c1-26-17-6-3-5-16(12-17)23-13-14(10-19(23)24)20(25)22-8-9-27-18-7-2-4-15(21)11-18/h2-7,11-12,14H,8-10,13H2,1H3,(H,22,25). The van der Waals surface area contributed by atoms with E-state index in [1.165, 1.54) is 12.1 Å². The average molecular weight is 372 g/mol. The molecule has 0 radical (unpaired) electrons. The number of nitrogens with zero attached hydrogens (tertiary/aromatic N) is 1. The van der Waals surface area contributed by atoms with Crippen LogP contribution in [-0.2, 0) is 9.59 Å². The van der Waals surface area contributed by atoms with Crippen LogP contribution in [0.4, 0.5) is 10.1 Å². The van der Waals surface area contributed by atoms with Gasteiger partial charge in [-0.05, 0) is 24.3 Å². The molecule has 6 nitrogen and oxygen atoms in total. The van der Waals surface area contributed by atoms with Gasteiger partial charge in [-0.15, -0.1) is 0 Å². The first kappa shape index (κ1) is 18.7. The number of carbonyl (C=O) groups excluding carboxylic acids is 2. The van der Waals surface area contributed by atoms with Crippen LogP contribution in [0.1, 0.15) is 6.42 Å². The van der Waals surface area contributed by atoms with Gasteiger partial charge in [0.25, 0.3) is 0 Å². The molecule has 0 saturated carbocycles. The van der Waals surface area contributed by atoms with E-state index in [1.807, 2.05) is 6.07 Å². The van der Waals surface area contributed by atoms with Crippen LogP contribution in [0.2, 0.25) is 0 Å². The first-order valence-corrected chi connectivity index (χ1v) is 8.67. The van der Waals surface area contributed by atoms with Crippen molar-refractivity contribution in [3.05, 3.63) is 54.3 Å². The summed E-state index contributed by atoms with van der Waals surface area (Å²) < 4.78 is 23.6. The Labute approximate surface area is 156 Å². The van der Waals surface area contributed by atoms with E-state index in [1.54, 1.807) is 42.3 Å². The normalized spacial score (nSPS) is 16.3. The molecule has 1 saturated heterocycles. The maximum absolute atomic E-state index is 13.1. The Balaban J connectivity index is 1.48. The van der Waals surface area contributed by atoms with Crippen molar-refractivity contribution in [3.63, 3.8) is 0 Å². The molecule has 0 bridgehead atoms. The summed E-state index contributed by atoms with van der Waals surface area (Å²) in [5.41, 5.74) is 0.712. The Morgan fingerprint density at radius 3 is 2.78 bits per heavy atom. The molecule has 1 atom stereocenters. The number of carbonyl (C=O) groups is 2. The Kier molecular flexibility index (Phi) is 5.90. The summed E-state index contributed by atoms with van der Waals surface area (Å²) in [6, 6.07) is 13.0. The van der Waals surface area contributed by atoms with Crippen LogP contribution in [0.15, 0.2) is 48.5 Å². The second-order valence-electron chi connectivity index (χ2n) is 6.20. The molecule has 1 aliphatic rings. The number of halogens is 1. The zero-order valence-corrected chi connectivity index (χ0v) is 15.0. The van der Waals surface area contributed by atoms with Crippen molar-refractivity contribution in [1.82, 2.24) is 5.32 Å². The fourth-order valence-corrected chi connectivity index (χ4v) is 2.96. The summed E-state index contributed by atoms with van der Waals surface area (Å²) in [5, 5.41) is 2.76. The number of ether oxygens (including phenoxy) is 2. The quantitative estimate of drug-likeness (QED) is 0.758. The van der Waals surface area contributed by atoms with E-state index in [9.17, 15) is 14.0 Å². The lowest BCUT2D eigenvalue weighted by Gasteiger charge is -2.17. The van der Waals surface area contributed by atoms with Crippen LogP contribution in [-0.4, -0.2) is 38.6 Å². The second kappa shape index (κ2) is 8.53. The van der Waals surface area contributed by atoms with Gasteiger partial charge in [0.1, 0.15) is 23.9 Å². The zero-order valence-electron chi connectivity index (χ0n) is 15.0. The van der Waals surface area contributed by atoms with Crippen molar-refractivity contribution in [2.45, 2.75) is 6.42 Å². The van der Waals surface area contributed by atoms with E-state index in [-0.39, 0.29) is 37.2 Å². The number of amides is 2. The molecule has 27 heavy (non-hydrogen) atoms. The van der Waals surface area contributed by atoms with E-state index >= 15 is 0 Å². The minimum Gasteiger partial charge on any atom is -0.497 e. The van der Waals surface area contributed by atoms with Gasteiger partial charge < -0.3 is 19.7 Å². The third kappa shape index (κ3) is 4.75. The van der Waals surface area contributed by atoms with E-state index < -0.39 is 5.92 Å². The van der Waals surface area contributed by atoms with Crippen molar-refractivity contribution < 1.29 is 23.5 Å². The lowest BCUT2D eigenvalue weighted by molar-refractivity contribution is -0.126. The van der Waals surface area contributed by atoms with Gasteiger partial charge in [-0.1, -0.05) is 12.1 Å². The molecule has 1 unspecified atom stereocenters. The Morgan fingerprint density at radius 1 is 1.22 bits per heavy atom. The Hall–Kier alpha value is -3.09. The molecule has 0 aliphatic carbocycles. The summed E-state index contributed by atoms with van der Waals surface area (Å²) in [6.07, 6.45) is 0.161. The highest BCUT2D eigenvalue weighted by Crippen LogP contribution is 2.27. The molecule has 142 valence electrons. The molecule has 0 aromatic heterocycles. The lowest BCUT2D eigenvalue weighted by Crippen LogP contribution is -2.35. The van der Waals surface area contributed by atoms with Gasteiger partial charge in [0.15, 0.2) is 0 Å². The van der Waals surface area contributed by atoms with Gasteiger partial charge in [0.05, 0.1) is 19.6 Å². The molecule has 3 rings (SSSR count). The molecule has 2 aromatic carbocycles. The highest BCUT2D eigenvalue weighted by Gasteiger charge is 2.35. The highest BCUT2D eigenvalue weighted by molar-refractivity contribution is 6.00. The topological polar surface area (TPSA) is 67.9 Å². The fraction of sp³-hybridized carbons (Fsp3) is 0.300. The maximum atomic E-state index is 13.1. The lowest BCUT2D eigenvalue weighted by atomic mass is 10.1. The molecule has 1 fully saturated rings. The van der Waals surface area contributed by atoms with E-state index in [0.717, 1.165) is 0 Å². The number of benzene rings is 2. The van der Waals surface area contributed by atoms with Gasteiger partial charge in [0.2, 0.25) is 11.8 Å². The number of nitrogens with one attached hydrogen (secondary N) is 1. The molecule has 2 amide bonds. The SMILES string of the molecule is COc1cccc(N2CC(C(=O)NCCOc3cccc(F)c3)CC2=O)c1. The smallest absolute Gasteiger partial charge is 0.227 e. The van der Waals surface area contributed by atoms with Gasteiger partial charge in [-0.3, -0.25) is 9.59 Å². The van der Waals surface area contributed by atoms with Crippen molar-refractivity contribution in [2.75, 3.05) is 31.7 Å². The van der Waals surface area contributed by atoms with Gasteiger partial charge >= 0.3 is 0 Å². The van der Waals surface area contributed by atoms with Crippen molar-refractivity contribution in [2.24, 2.45) is 5.92 Å². The number of hydrogen-bond donors (Lipinski definition) is 1. The summed E-state index contributed by atoms with van der Waals surface area (Å²) in [4.78, 5) is 26.2. The van der Waals surface area contributed by atoms with Crippen LogP contribution < -0.4 is 19.7 Å². The third-order valence-corrected chi connectivity index (χ3v) is 4.33. The Morgan fingerprint density at radius 2 is 2.00 bits per heavy atom. The van der Waals surface area contributed by atoms with Gasteiger partial charge in [-0.25, -0.2) is 4.39 Å². The van der Waals surface area contributed by atoms with Crippen molar-refractivity contribution in [3.8, 4) is 11.5 Å². The van der Waals surface area contributed by atoms with Crippen molar-refractivity contribution >= 4 is 17.5 Å².